The summed E-state index contributed by atoms with van der Waals surface area (Å²) in [5.74, 6) is -0.276. The van der Waals surface area contributed by atoms with Crippen LogP contribution in [0.2, 0.25) is 0 Å². The van der Waals surface area contributed by atoms with Gasteiger partial charge in [-0.15, -0.1) is 0 Å². The Labute approximate surface area is 172 Å². The maximum absolute atomic E-state index is 13.7. The summed E-state index contributed by atoms with van der Waals surface area (Å²) in [5.41, 5.74) is 5.21. The molecule has 3 aromatic carbocycles. The molecule has 1 N–H and O–H groups in total. The summed E-state index contributed by atoms with van der Waals surface area (Å²) in [7, 11) is 2.04. The maximum atomic E-state index is 13.7. The van der Waals surface area contributed by atoms with Crippen LogP contribution in [-0.4, -0.2) is 0 Å². The average Bonchev–Trinajstić information content (AvgIpc) is 3.05. The van der Waals surface area contributed by atoms with E-state index in [0.29, 0.717) is 5.69 Å². The molecule has 5 heteroatoms. The summed E-state index contributed by atoms with van der Waals surface area (Å²) in [6.07, 6.45) is 0. The van der Waals surface area contributed by atoms with E-state index in [9.17, 15) is 4.39 Å². The molecule has 2 heterocycles. The van der Waals surface area contributed by atoms with Gasteiger partial charge in [-0.3, -0.25) is 0 Å². The predicted molar refractivity (Wildman–Crippen MR) is 102 cm³/mol. The molecule has 0 bridgehead atoms. The van der Waals surface area contributed by atoms with E-state index in [1.165, 1.54) is 12.1 Å². The second-order valence-electron chi connectivity index (χ2n) is 6.36. The van der Waals surface area contributed by atoms with Crippen LogP contribution in [0, 0.1) is 5.82 Å². The molecule has 0 saturated heterocycles. The number of rotatable bonds is 2. The van der Waals surface area contributed by atoms with Gasteiger partial charge < -0.3 is 33.7 Å². The summed E-state index contributed by atoms with van der Waals surface area (Å²) < 4.78 is 22.0. The first-order valence-electron chi connectivity index (χ1n) is 8.47. The number of benzene rings is 3. The molecule has 0 radical (unpaired) electrons. The fraction of sp³-hybridized carbons (Fsp3) is 0.0455. The van der Waals surface area contributed by atoms with E-state index >= 15 is 0 Å². The smallest absolute Gasteiger partial charge is 0.261 e. The Morgan fingerprint density at radius 3 is 2.44 bits per heavy atom. The van der Waals surface area contributed by atoms with E-state index in [4.69, 9.17) is 4.42 Å². The van der Waals surface area contributed by atoms with Gasteiger partial charge >= 0.3 is 0 Å². The van der Waals surface area contributed by atoms with Crippen molar-refractivity contribution in [2.24, 2.45) is 7.05 Å². The highest BCUT2D eigenvalue weighted by molar-refractivity contribution is 6.11. The van der Waals surface area contributed by atoms with Crippen molar-refractivity contribution in [2.75, 3.05) is 5.32 Å². The molecule has 0 aliphatic heterocycles. The third kappa shape index (κ3) is 2.82. The number of fused-ring (bicyclic) bond motifs is 4. The molecule has 0 aliphatic carbocycles. The Kier molecular flexibility index (Phi) is 4.47. The fourth-order valence-corrected chi connectivity index (χ4v) is 3.59. The first-order chi connectivity index (χ1) is 12.7. The second kappa shape index (κ2) is 6.81. The van der Waals surface area contributed by atoms with E-state index in [0.717, 1.165) is 38.7 Å². The third-order valence-corrected chi connectivity index (χ3v) is 4.76. The van der Waals surface area contributed by atoms with E-state index < -0.39 is 0 Å². The Hall–Kier alpha value is -2.67. The lowest BCUT2D eigenvalue weighted by Crippen LogP contribution is -3.00. The minimum absolute atomic E-state index is 0. The Bertz CT molecular complexity index is 1300. The number of hydrogen-bond acceptors (Lipinski definition) is 2. The highest BCUT2D eigenvalue weighted by atomic mass is 127. The summed E-state index contributed by atoms with van der Waals surface area (Å²) in [6.45, 7) is 0. The van der Waals surface area contributed by atoms with Gasteiger partial charge in [0.05, 0.1) is 10.8 Å². The number of furan rings is 1. The zero-order valence-corrected chi connectivity index (χ0v) is 16.7. The summed E-state index contributed by atoms with van der Waals surface area (Å²) in [4.78, 5) is 0. The van der Waals surface area contributed by atoms with Crippen LogP contribution in [0.1, 0.15) is 0 Å². The lowest BCUT2D eigenvalue weighted by molar-refractivity contribution is -0.616. The number of hydrogen-bond donors (Lipinski definition) is 1. The molecule has 0 saturated carbocycles. The van der Waals surface area contributed by atoms with E-state index in [1.807, 2.05) is 49.5 Å². The highest BCUT2D eigenvalue weighted by Crippen LogP contribution is 2.37. The first-order valence-corrected chi connectivity index (χ1v) is 8.47. The zero-order chi connectivity index (χ0) is 17.7. The minimum Gasteiger partial charge on any atom is -1.00 e. The Morgan fingerprint density at radius 2 is 1.63 bits per heavy atom. The molecular weight excluding hydrogens is 454 g/mol. The van der Waals surface area contributed by atoms with E-state index in [2.05, 4.69) is 22.0 Å². The van der Waals surface area contributed by atoms with Crippen LogP contribution in [0.3, 0.4) is 0 Å². The number of aryl methyl sites for hydroxylation is 1. The van der Waals surface area contributed by atoms with Crippen molar-refractivity contribution in [2.45, 2.75) is 0 Å². The molecule has 5 aromatic rings. The summed E-state index contributed by atoms with van der Waals surface area (Å²) >= 11 is 0. The summed E-state index contributed by atoms with van der Waals surface area (Å²) in [6, 6.07) is 22.6. The minimum atomic E-state index is -0.276. The van der Waals surface area contributed by atoms with Crippen LogP contribution in [-0.2, 0) is 7.05 Å². The third-order valence-electron chi connectivity index (χ3n) is 4.76. The summed E-state index contributed by atoms with van der Waals surface area (Å²) in [5, 5.41) is 5.44. The normalized spacial score (nSPS) is 11.0. The molecule has 134 valence electrons. The van der Waals surface area contributed by atoms with Gasteiger partial charge in [0, 0.05) is 11.8 Å². The van der Waals surface area contributed by atoms with Gasteiger partial charge in [0.2, 0.25) is 11.1 Å². The maximum Gasteiger partial charge on any atom is 0.261 e. The average molecular weight is 470 g/mol. The largest absolute Gasteiger partial charge is 1.00 e. The van der Waals surface area contributed by atoms with Crippen LogP contribution in [0.5, 0.6) is 0 Å². The van der Waals surface area contributed by atoms with Crippen molar-refractivity contribution < 1.29 is 37.4 Å². The number of anilines is 2. The molecule has 0 unspecified atom stereocenters. The van der Waals surface area contributed by atoms with Gasteiger partial charge in [-0.25, -0.2) is 4.39 Å². The first kappa shape index (κ1) is 17.7. The lowest BCUT2D eigenvalue weighted by Gasteiger charge is -2.10. The topological polar surface area (TPSA) is 29.1 Å². The monoisotopic (exact) mass is 470 g/mol. The van der Waals surface area contributed by atoms with Crippen molar-refractivity contribution in [1.29, 1.82) is 0 Å². The van der Waals surface area contributed by atoms with Gasteiger partial charge in [-0.2, -0.15) is 4.57 Å². The molecule has 2 aromatic heterocycles. The van der Waals surface area contributed by atoms with Gasteiger partial charge in [0.15, 0.2) is 0 Å². The highest BCUT2D eigenvalue weighted by Gasteiger charge is 2.24. The SMILES string of the molecule is C[n+]1c2ccccc2c(Nc2cccc(F)c2)c2oc3ccccc3c21.[I-]. The number of aromatic nitrogens is 1. The van der Waals surface area contributed by atoms with Crippen molar-refractivity contribution in [1.82, 2.24) is 0 Å². The number of nitrogens with zero attached hydrogens (tertiary/aromatic N) is 1. The molecule has 0 spiro atoms. The number of nitrogens with one attached hydrogen (secondary N) is 1. The van der Waals surface area contributed by atoms with E-state index in [1.54, 1.807) is 6.07 Å². The van der Waals surface area contributed by atoms with Crippen molar-refractivity contribution in [3.63, 3.8) is 0 Å². The predicted octanol–water partition coefficient (Wildman–Crippen LogP) is 2.45. The van der Waals surface area contributed by atoms with Gasteiger partial charge in [0.1, 0.15) is 24.1 Å². The molecule has 0 fully saturated rings. The molecule has 3 nitrogen and oxygen atoms in total. The van der Waals surface area contributed by atoms with Crippen LogP contribution < -0.4 is 33.9 Å². The molecule has 5 rings (SSSR count). The van der Waals surface area contributed by atoms with Gasteiger partial charge in [-0.05, 0) is 36.4 Å². The lowest BCUT2D eigenvalue weighted by atomic mass is 10.1. The van der Waals surface area contributed by atoms with Crippen LogP contribution in [0.15, 0.2) is 77.2 Å². The van der Waals surface area contributed by atoms with Gasteiger partial charge in [-0.1, -0.05) is 30.3 Å². The quantitative estimate of drug-likeness (QED) is 0.318. The fourth-order valence-electron chi connectivity index (χ4n) is 3.59. The van der Waals surface area contributed by atoms with Crippen molar-refractivity contribution in [3.8, 4) is 0 Å². The standard InChI is InChI=1S/C22H15FN2O.HI/c1-25-18-11-4-2-9-16(18)20(24-15-8-6-7-14(23)13-15)22-21(25)17-10-3-5-12-19(17)26-22;/h2-13H,1H3;1H. The Morgan fingerprint density at radius 1 is 0.889 bits per heavy atom. The van der Waals surface area contributed by atoms with Crippen LogP contribution >= 0.6 is 0 Å². The zero-order valence-electron chi connectivity index (χ0n) is 14.5. The second-order valence-corrected chi connectivity index (χ2v) is 6.36. The molecule has 27 heavy (non-hydrogen) atoms. The van der Waals surface area contributed by atoms with Crippen molar-refractivity contribution in [3.05, 3.63) is 78.6 Å². The number of halogens is 2. The molecule has 0 atom stereocenters. The Balaban J connectivity index is 0.00000180. The van der Waals surface area contributed by atoms with Crippen LogP contribution in [0.25, 0.3) is 33.0 Å². The van der Waals surface area contributed by atoms with Crippen molar-refractivity contribution >= 4 is 44.3 Å². The number of pyridine rings is 1. The molecule has 0 aliphatic rings. The van der Waals surface area contributed by atoms with Crippen LogP contribution in [0.4, 0.5) is 15.8 Å². The molecular formula is C22H16FIN2O. The van der Waals surface area contributed by atoms with Gasteiger partial charge in [0.25, 0.3) is 5.52 Å². The van der Waals surface area contributed by atoms with E-state index in [-0.39, 0.29) is 29.8 Å². The molecule has 0 amide bonds. The number of para-hydroxylation sites is 2.